The van der Waals surface area contributed by atoms with Crippen LogP contribution in [-0.2, 0) is 0 Å². The number of hydrogen-bond donors (Lipinski definition) is 1. The van der Waals surface area contributed by atoms with Gasteiger partial charge in [0, 0.05) is 18.3 Å². The highest BCUT2D eigenvalue weighted by molar-refractivity contribution is 5.81. The third-order valence-corrected chi connectivity index (χ3v) is 3.63. The first-order chi connectivity index (χ1) is 8.38. The number of rotatable bonds is 2. The number of methoxy groups -OCH3 is 1. The second-order valence-electron chi connectivity index (χ2n) is 4.63. The highest BCUT2D eigenvalue weighted by Crippen LogP contribution is 2.28. The van der Waals surface area contributed by atoms with Crippen LogP contribution >= 0.6 is 0 Å². The number of piperidine rings is 1. The largest absolute Gasteiger partial charge is 0.497 e. The lowest BCUT2D eigenvalue weighted by atomic mass is 10.1. The van der Waals surface area contributed by atoms with Gasteiger partial charge in [0.05, 0.1) is 12.6 Å². The molecule has 90 valence electrons. The lowest BCUT2D eigenvalue weighted by Crippen LogP contribution is -2.29. The molecule has 0 unspecified atom stereocenters. The number of nitrogens with one attached hydrogen (secondary N) is 1. The molecular formula is C14H18N2O. The molecule has 17 heavy (non-hydrogen) atoms. The molecule has 0 spiro atoms. The normalized spacial score (nSPS) is 17.5. The van der Waals surface area contributed by atoms with Gasteiger partial charge in [0.25, 0.3) is 0 Å². The molecule has 0 bridgehead atoms. The van der Waals surface area contributed by atoms with Gasteiger partial charge in [0.15, 0.2) is 0 Å². The molecular weight excluding hydrogens is 212 g/mol. The molecule has 3 heteroatoms. The standard InChI is InChI=1S/C14H18N2O/c1-17-13-3-2-11-6-9-16(14(11)10-13)12-4-7-15-8-5-12/h2-3,6,9-10,12,15H,4-5,7-8H2,1H3. The van der Waals surface area contributed by atoms with Crippen LogP contribution in [-0.4, -0.2) is 24.8 Å². The molecule has 3 nitrogen and oxygen atoms in total. The van der Waals surface area contributed by atoms with Crippen LogP contribution in [0.4, 0.5) is 0 Å². The topological polar surface area (TPSA) is 26.2 Å². The summed E-state index contributed by atoms with van der Waals surface area (Å²) < 4.78 is 7.71. The van der Waals surface area contributed by atoms with E-state index in [2.05, 4.69) is 34.3 Å². The molecule has 2 heterocycles. The van der Waals surface area contributed by atoms with Gasteiger partial charge < -0.3 is 14.6 Å². The summed E-state index contributed by atoms with van der Waals surface area (Å²) in [5.41, 5.74) is 1.29. The maximum atomic E-state index is 5.31. The summed E-state index contributed by atoms with van der Waals surface area (Å²) in [5, 5.41) is 4.70. The monoisotopic (exact) mass is 230 g/mol. The Hall–Kier alpha value is -1.48. The van der Waals surface area contributed by atoms with E-state index in [4.69, 9.17) is 4.74 Å². The van der Waals surface area contributed by atoms with Crippen molar-refractivity contribution in [2.24, 2.45) is 0 Å². The number of ether oxygens (including phenoxy) is 1. The fourth-order valence-corrected chi connectivity index (χ4v) is 2.66. The zero-order chi connectivity index (χ0) is 11.7. The van der Waals surface area contributed by atoms with Crippen LogP contribution in [0.3, 0.4) is 0 Å². The molecule has 1 N–H and O–H groups in total. The fraction of sp³-hybridized carbons (Fsp3) is 0.429. The minimum atomic E-state index is 0.626. The Morgan fingerprint density at radius 3 is 2.82 bits per heavy atom. The minimum Gasteiger partial charge on any atom is -0.497 e. The highest BCUT2D eigenvalue weighted by atomic mass is 16.5. The first-order valence-electron chi connectivity index (χ1n) is 6.24. The summed E-state index contributed by atoms with van der Waals surface area (Å²) in [4.78, 5) is 0. The molecule has 0 saturated carbocycles. The van der Waals surface area contributed by atoms with Crippen molar-refractivity contribution in [3.05, 3.63) is 30.5 Å². The van der Waals surface area contributed by atoms with Crippen molar-refractivity contribution in [1.29, 1.82) is 0 Å². The molecule has 1 aliphatic heterocycles. The van der Waals surface area contributed by atoms with E-state index in [-0.39, 0.29) is 0 Å². The second-order valence-corrected chi connectivity index (χ2v) is 4.63. The average molecular weight is 230 g/mol. The van der Waals surface area contributed by atoms with Crippen molar-refractivity contribution < 1.29 is 4.74 Å². The Balaban J connectivity index is 2.02. The molecule has 3 rings (SSSR count). The van der Waals surface area contributed by atoms with E-state index in [9.17, 15) is 0 Å². The molecule has 2 aromatic rings. The van der Waals surface area contributed by atoms with Crippen LogP contribution in [0.15, 0.2) is 30.5 Å². The van der Waals surface area contributed by atoms with E-state index in [1.54, 1.807) is 7.11 Å². The van der Waals surface area contributed by atoms with E-state index in [1.807, 2.05) is 6.07 Å². The van der Waals surface area contributed by atoms with Crippen molar-refractivity contribution in [2.75, 3.05) is 20.2 Å². The second kappa shape index (κ2) is 4.41. The first kappa shape index (κ1) is 10.7. The molecule has 0 atom stereocenters. The Bertz CT molecular complexity index is 512. The predicted octanol–water partition coefficient (Wildman–Crippen LogP) is 2.57. The summed E-state index contributed by atoms with van der Waals surface area (Å²) in [6.07, 6.45) is 4.63. The summed E-state index contributed by atoms with van der Waals surface area (Å²) in [6.45, 7) is 2.24. The van der Waals surface area contributed by atoms with Crippen LogP contribution in [0, 0.1) is 0 Å². The summed E-state index contributed by atoms with van der Waals surface area (Å²) in [5.74, 6) is 0.936. The Morgan fingerprint density at radius 2 is 2.06 bits per heavy atom. The Morgan fingerprint density at radius 1 is 1.24 bits per heavy atom. The van der Waals surface area contributed by atoms with Gasteiger partial charge in [-0.25, -0.2) is 0 Å². The molecule has 0 amide bonds. The quantitative estimate of drug-likeness (QED) is 0.858. The average Bonchev–Trinajstić information content (AvgIpc) is 2.82. The highest BCUT2D eigenvalue weighted by Gasteiger charge is 2.16. The molecule has 1 aromatic carbocycles. The summed E-state index contributed by atoms with van der Waals surface area (Å²) in [7, 11) is 1.72. The molecule has 1 aromatic heterocycles. The molecule has 1 aliphatic rings. The van der Waals surface area contributed by atoms with Crippen molar-refractivity contribution in [3.63, 3.8) is 0 Å². The Kier molecular flexibility index (Phi) is 2.77. The molecule has 0 aliphatic carbocycles. The van der Waals surface area contributed by atoms with Gasteiger partial charge >= 0.3 is 0 Å². The van der Waals surface area contributed by atoms with Gasteiger partial charge in [0.1, 0.15) is 5.75 Å². The minimum absolute atomic E-state index is 0.626. The van der Waals surface area contributed by atoms with E-state index in [1.165, 1.54) is 23.7 Å². The summed E-state index contributed by atoms with van der Waals surface area (Å²) in [6, 6.07) is 9.11. The van der Waals surface area contributed by atoms with Gasteiger partial charge in [-0.2, -0.15) is 0 Å². The van der Waals surface area contributed by atoms with Crippen LogP contribution in [0.2, 0.25) is 0 Å². The maximum absolute atomic E-state index is 5.31. The van der Waals surface area contributed by atoms with Gasteiger partial charge in [0.2, 0.25) is 0 Å². The number of fused-ring (bicyclic) bond motifs is 1. The number of nitrogens with zero attached hydrogens (tertiary/aromatic N) is 1. The smallest absolute Gasteiger partial charge is 0.120 e. The SMILES string of the molecule is COc1ccc2ccn(C3CCNCC3)c2c1. The van der Waals surface area contributed by atoms with E-state index in [0.29, 0.717) is 6.04 Å². The molecule has 1 saturated heterocycles. The summed E-state index contributed by atoms with van der Waals surface area (Å²) >= 11 is 0. The lowest BCUT2D eigenvalue weighted by molar-refractivity contribution is 0.375. The van der Waals surface area contributed by atoms with Crippen LogP contribution in [0.5, 0.6) is 5.75 Å². The number of aromatic nitrogens is 1. The van der Waals surface area contributed by atoms with Crippen molar-refractivity contribution >= 4 is 10.9 Å². The number of hydrogen-bond acceptors (Lipinski definition) is 2. The fourth-order valence-electron chi connectivity index (χ4n) is 2.66. The molecule has 1 fully saturated rings. The van der Waals surface area contributed by atoms with Crippen molar-refractivity contribution in [2.45, 2.75) is 18.9 Å². The van der Waals surface area contributed by atoms with E-state index >= 15 is 0 Å². The van der Waals surface area contributed by atoms with Crippen LogP contribution in [0.25, 0.3) is 10.9 Å². The lowest BCUT2D eigenvalue weighted by Gasteiger charge is -2.25. The predicted molar refractivity (Wildman–Crippen MR) is 69.6 cm³/mol. The zero-order valence-corrected chi connectivity index (χ0v) is 10.1. The number of benzene rings is 1. The first-order valence-corrected chi connectivity index (χ1v) is 6.24. The van der Waals surface area contributed by atoms with Crippen molar-refractivity contribution in [1.82, 2.24) is 9.88 Å². The van der Waals surface area contributed by atoms with Gasteiger partial charge in [-0.15, -0.1) is 0 Å². The van der Waals surface area contributed by atoms with Gasteiger partial charge in [-0.3, -0.25) is 0 Å². The maximum Gasteiger partial charge on any atom is 0.120 e. The van der Waals surface area contributed by atoms with E-state index in [0.717, 1.165) is 18.8 Å². The Labute approximate surface area is 101 Å². The molecule has 0 radical (unpaired) electrons. The van der Waals surface area contributed by atoms with Crippen LogP contribution < -0.4 is 10.1 Å². The zero-order valence-electron chi connectivity index (χ0n) is 10.1. The van der Waals surface area contributed by atoms with Gasteiger partial charge in [-0.05, 0) is 49.5 Å². The van der Waals surface area contributed by atoms with E-state index < -0.39 is 0 Å². The van der Waals surface area contributed by atoms with Gasteiger partial charge in [-0.1, -0.05) is 0 Å². The van der Waals surface area contributed by atoms with Crippen LogP contribution in [0.1, 0.15) is 18.9 Å². The third kappa shape index (κ3) is 1.91. The third-order valence-electron chi connectivity index (χ3n) is 3.63. The van der Waals surface area contributed by atoms with Crippen molar-refractivity contribution in [3.8, 4) is 5.75 Å².